The monoisotopic (exact) mass is 455 g/mol. The van der Waals surface area contributed by atoms with Gasteiger partial charge >= 0.3 is 5.97 Å². The smallest absolute Gasteiger partial charge is 0.339 e. The number of carboxylic acid groups (broad SMARTS) is 1. The number of nitrogens with one attached hydrogen (secondary N) is 1. The van der Waals surface area contributed by atoms with Crippen LogP contribution in [0.4, 0.5) is 0 Å². The minimum Gasteiger partial charge on any atom is -0.507 e. The van der Waals surface area contributed by atoms with Crippen LogP contribution in [-0.4, -0.2) is 42.3 Å². The number of hydrogen-bond acceptors (Lipinski definition) is 6. The van der Waals surface area contributed by atoms with Crippen molar-refractivity contribution in [3.05, 3.63) is 89.5 Å². The van der Waals surface area contributed by atoms with Gasteiger partial charge in [-0.2, -0.15) is 0 Å². The second-order valence-electron chi connectivity index (χ2n) is 7.57. The lowest BCUT2D eigenvalue weighted by Crippen LogP contribution is -2.32. The number of carbonyl (C=O) groups is 1. The molecule has 0 heterocycles. The molecule has 2 atom stereocenters. The van der Waals surface area contributed by atoms with Crippen LogP contribution in [0.2, 0.25) is 0 Å². The maximum atomic E-state index is 12.9. The van der Waals surface area contributed by atoms with E-state index in [1.54, 1.807) is 12.1 Å². The zero-order valence-electron chi connectivity index (χ0n) is 17.5. The van der Waals surface area contributed by atoms with Crippen molar-refractivity contribution in [1.82, 2.24) is 5.32 Å². The molecule has 3 aromatic rings. The first-order valence-corrected chi connectivity index (χ1v) is 11.5. The highest BCUT2D eigenvalue weighted by Crippen LogP contribution is 2.26. The van der Waals surface area contributed by atoms with E-state index in [-0.39, 0.29) is 15.8 Å². The predicted molar refractivity (Wildman–Crippen MR) is 120 cm³/mol. The summed E-state index contributed by atoms with van der Waals surface area (Å²) in [6.07, 6.45) is 0.0108. The molecule has 0 amide bonds. The summed E-state index contributed by atoms with van der Waals surface area (Å²) in [6.45, 7) is 2.37. The quantitative estimate of drug-likeness (QED) is 0.391. The third-order valence-electron chi connectivity index (χ3n) is 5.13. The van der Waals surface area contributed by atoms with Crippen LogP contribution in [-0.2, 0) is 16.3 Å². The van der Waals surface area contributed by atoms with E-state index in [0.717, 1.165) is 23.3 Å². The fourth-order valence-electron chi connectivity index (χ4n) is 3.33. The molecule has 0 saturated carbocycles. The minimum atomic E-state index is -3.93. The lowest BCUT2D eigenvalue weighted by molar-refractivity contribution is 0.0693. The van der Waals surface area contributed by atoms with Gasteiger partial charge < -0.3 is 20.6 Å². The Bertz CT molecular complexity index is 1180. The number of aliphatic hydroxyl groups excluding tert-OH is 1. The van der Waals surface area contributed by atoms with Gasteiger partial charge in [0.25, 0.3) is 0 Å². The zero-order valence-corrected chi connectivity index (χ0v) is 18.3. The summed E-state index contributed by atoms with van der Waals surface area (Å²) in [5.41, 5.74) is 1.28. The molecule has 0 saturated heterocycles. The molecule has 0 aromatic heterocycles. The van der Waals surface area contributed by atoms with Crippen LogP contribution in [0, 0.1) is 0 Å². The molecule has 0 spiro atoms. The number of phenols is 1. The van der Waals surface area contributed by atoms with Crippen molar-refractivity contribution in [3.63, 3.8) is 0 Å². The first kappa shape index (κ1) is 23.5. The van der Waals surface area contributed by atoms with E-state index in [2.05, 4.69) is 5.32 Å². The molecule has 4 N–H and O–H groups in total. The standard InChI is InChI=1S/C24H25NO6S/c1-16(25-15-23(27)18-5-3-2-4-6-18)13-17-7-9-19(10-8-17)32(30,31)20-11-12-22(26)21(14-20)24(28)29/h2-12,14,16,23,25-27H,13,15H2,1H3,(H,28,29)/t16-,23-/m1/s1. The average Bonchev–Trinajstić information content (AvgIpc) is 2.78. The van der Waals surface area contributed by atoms with Crippen molar-refractivity contribution in [2.45, 2.75) is 35.3 Å². The summed E-state index contributed by atoms with van der Waals surface area (Å²) in [4.78, 5) is 11.0. The lowest BCUT2D eigenvalue weighted by Gasteiger charge is -2.17. The van der Waals surface area contributed by atoms with Gasteiger partial charge in [0.05, 0.1) is 15.9 Å². The van der Waals surface area contributed by atoms with E-state index in [1.807, 2.05) is 37.3 Å². The molecular formula is C24H25NO6S. The molecule has 0 aliphatic rings. The van der Waals surface area contributed by atoms with Gasteiger partial charge in [-0.3, -0.25) is 0 Å². The van der Waals surface area contributed by atoms with Crippen LogP contribution >= 0.6 is 0 Å². The number of sulfone groups is 1. The van der Waals surface area contributed by atoms with Crippen LogP contribution in [0.3, 0.4) is 0 Å². The number of benzene rings is 3. The van der Waals surface area contributed by atoms with Gasteiger partial charge in [-0.15, -0.1) is 0 Å². The first-order chi connectivity index (χ1) is 15.2. The molecule has 8 heteroatoms. The van der Waals surface area contributed by atoms with Crippen molar-refractivity contribution in [1.29, 1.82) is 0 Å². The van der Waals surface area contributed by atoms with E-state index in [0.29, 0.717) is 13.0 Å². The highest BCUT2D eigenvalue weighted by Gasteiger charge is 2.21. The maximum absolute atomic E-state index is 12.9. The van der Waals surface area contributed by atoms with E-state index in [1.165, 1.54) is 18.2 Å². The molecule has 168 valence electrons. The van der Waals surface area contributed by atoms with E-state index in [9.17, 15) is 23.4 Å². The molecule has 3 aromatic carbocycles. The normalized spacial score (nSPS) is 13.4. The molecule has 7 nitrogen and oxygen atoms in total. The molecule has 0 bridgehead atoms. The van der Waals surface area contributed by atoms with Gasteiger partial charge in [-0.05, 0) is 54.8 Å². The molecule has 0 aliphatic heterocycles. The van der Waals surface area contributed by atoms with Crippen LogP contribution in [0.15, 0.2) is 82.6 Å². The first-order valence-electron chi connectivity index (χ1n) is 10.0. The van der Waals surface area contributed by atoms with Gasteiger partial charge in [0.2, 0.25) is 9.84 Å². The largest absolute Gasteiger partial charge is 0.507 e. The number of rotatable bonds is 9. The van der Waals surface area contributed by atoms with Gasteiger partial charge in [0, 0.05) is 12.6 Å². The Morgan fingerprint density at radius 1 is 0.969 bits per heavy atom. The number of hydrogen-bond donors (Lipinski definition) is 4. The van der Waals surface area contributed by atoms with Crippen molar-refractivity contribution >= 4 is 15.8 Å². The van der Waals surface area contributed by atoms with Crippen molar-refractivity contribution in [2.24, 2.45) is 0 Å². The fourth-order valence-corrected chi connectivity index (χ4v) is 4.61. The molecule has 3 rings (SSSR count). The number of aromatic carboxylic acids is 1. The second kappa shape index (κ2) is 9.95. The van der Waals surface area contributed by atoms with Crippen molar-refractivity contribution in [2.75, 3.05) is 6.54 Å². The number of aromatic hydroxyl groups is 1. The fraction of sp³-hybridized carbons (Fsp3) is 0.208. The summed E-state index contributed by atoms with van der Waals surface area (Å²) >= 11 is 0. The Morgan fingerprint density at radius 3 is 2.22 bits per heavy atom. The summed E-state index contributed by atoms with van der Waals surface area (Å²) < 4.78 is 25.7. The Morgan fingerprint density at radius 2 is 1.59 bits per heavy atom. The molecule has 32 heavy (non-hydrogen) atoms. The Kier molecular flexibility index (Phi) is 7.29. The Labute approximate surface area is 186 Å². The molecule has 0 fully saturated rings. The maximum Gasteiger partial charge on any atom is 0.339 e. The highest BCUT2D eigenvalue weighted by molar-refractivity contribution is 7.91. The highest BCUT2D eigenvalue weighted by atomic mass is 32.2. The van der Waals surface area contributed by atoms with Crippen molar-refractivity contribution < 1.29 is 28.5 Å². The minimum absolute atomic E-state index is 0.0309. The lowest BCUT2D eigenvalue weighted by atomic mass is 10.1. The topological polar surface area (TPSA) is 124 Å². The van der Waals surface area contributed by atoms with E-state index >= 15 is 0 Å². The second-order valence-corrected chi connectivity index (χ2v) is 9.52. The molecular weight excluding hydrogens is 430 g/mol. The number of aliphatic hydroxyl groups is 1. The Hall–Kier alpha value is -3.20. The molecule has 0 unspecified atom stereocenters. The summed E-state index contributed by atoms with van der Waals surface area (Å²) in [7, 11) is -3.93. The zero-order chi connectivity index (χ0) is 23.3. The van der Waals surface area contributed by atoms with Crippen molar-refractivity contribution in [3.8, 4) is 5.75 Å². The van der Waals surface area contributed by atoms with E-state index in [4.69, 9.17) is 5.11 Å². The van der Waals surface area contributed by atoms with Gasteiger partial charge in [0.1, 0.15) is 11.3 Å². The molecule has 0 aliphatic carbocycles. The predicted octanol–water partition coefficient (Wildman–Crippen LogP) is 3.18. The summed E-state index contributed by atoms with van der Waals surface area (Å²) in [6, 6.07) is 19.0. The summed E-state index contributed by atoms with van der Waals surface area (Å²) in [5, 5.41) is 32.3. The summed E-state index contributed by atoms with van der Waals surface area (Å²) in [5.74, 6) is -1.90. The average molecular weight is 456 g/mol. The van der Waals surface area contributed by atoms with Gasteiger partial charge in [-0.1, -0.05) is 42.5 Å². The molecule has 0 radical (unpaired) electrons. The van der Waals surface area contributed by atoms with Gasteiger partial charge in [-0.25, -0.2) is 13.2 Å². The van der Waals surface area contributed by atoms with Gasteiger partial charge in [0.15, 0.2) is 0 Å². The van der Waals surface area contributed by atoms with Crippen LogP contribution in [0.5, 0.6) is 5.75 Å². The van der Waals surface area contributed by atoms with Crippen LogP contribution in [0.25, 0.3) is 0 Å². The van der Waals surface area contributed by atoms with Crippen LogP contribution < -0.4 is 5.32 Å². The third-order valence-corrected chi connectivity index (χ3v) is 6.90. The third kappa shape index (κ3) is 5.53. The Balaban J connectivity index is 1.65. The van der Waals surface area contributed by atoms with E-state index < -0.39 is 33.2 Å². The van der Waals surface area contributed by atoms with Crippen LogP contribution in [0.1, 0.15) is 34.5 Å². The number of carboxylic acids is 1. The SMILES string of the molecule is C[C@H](Cc1ccc(S(=O)(=O)c2ccc(O)c(C(=O)O)c2)cc1)NC[C@@H](O)c1ccccc1.